The first-order chi connectivity index (χ1) is 14.6. The van der Waals surface area contributed by atoms with E-state index in [9.17, 15) is 8.42 Å². The average Bonchev–Trinajstić information content (AvgIpc) is 3.20. The summed E-state index contributed by atoms with van der Waals surface area (Å²) in [5, 5.41) is 3.25. The number of nitrogens with zero attached hydrogens (tertiary/aromatic N) is 1. The molecule has 0 saturated heterocycles. The van der Waals surface area contributed by atoms with Crippen LogP contribution in [-0.4, -0.2) is 26.1 Å². The molecule has 7 heteroatoms. The molecule has 0 amide bonds. The van der Waals surface area contributed by atoms with Crippen LogP contribution in [0.2, 0.25) is 0 Å². The van der Waals surface area contributed by atoms with Crippen molar-refractivity contribution in [2.24, 2.45) is 0 Å². The van der Waals surface area contributed by atoms with E-state index >= 15 is 0 Å². The maximum absolute atomic E-state index is 13.3. The molecule has 1 saturated carbocycles. The molecular weight excluding hydrogens is 400 g/mol. The van der Waals surface area contributed by atoms with E-state index < -0.39 is 9.84 Å². The number of hydrogen-bond donors (Lipinski definition) is 1. The van der Waals surface area contributed by atoms with Crippen LogP contribution in [-0.2, 0) is 9.84 Å². The number of aromatic nitrogens is 1. The lowest BCUT2D eigenvalue weighted by molar-refractivity contribution is 0.340. The highest BCUT2D eigenvalue weighted by Gasteiger charge is 2.30. The quantitative estimate of drug-likeness (QED) is 0.551. The van der Waals surface area contributed by atoms with E-state index in [1.54, 1.807) is 30.3 Å². The van der Waals surface area contributed by atoms with Crippen molar-refractivity contribution in [2.75, 3.05) is 11.9 Å². The highest BCUT2D eigenvalue weighted by atomic mass is 32.2. The fourth-order valence-corrected chi connectivity index (χ4v) is 4.99. The molecule has 1 fully saturated rings. The molecule has 1 aliphatic carbocycles. The lowest BCUT2D eigenvalue weighted by Crippen LogP contribution is -2.23. The molecule has 0 atom stereocenters. The molecule has 1 N–H and O–H groups in total. The number of sulfone groups is 1. The molecule has 0 aliphatic heterocycles. The molecule has 0 unspecified atom stereocenters. The number of benzene rings is 2. The summed E-state index contributed by atoms with van der Waals surface area (Å²) in [7, 11) is -3.82. The van der Waals surface area contributed by atoms with Crippen molar-refractivity contribution in [3.63, 3.8) is 0 Å². The van der Waals surface area contributed by atoms with Gasteiger partial charge in [0, 0.05) is 11.6 Å². The van der Waals surface area contributed by atoms with E-state index in [1.807, 2.05) is 31.2 Å². The van der Waals surface area contributed by atoms with Crippen molar-refractivity contribution in [1.29, 1.82) is 0 Å². The number of anilines is 1. The summed E-state index contributed by atoms with van der Waals surface area (Å²) in [6.45, 7) is 2.50. The number of nitrogens with one attached hydrogen (secondary N) is 1. The summed E-state index contributed by atoms with van der Waals surface area (Å²) in [6.07, 6.45) is 5.44. The number of ether oxygens (including phenoxy) is 1. The Morgan fingerprint density at radius 2 is 1.73 bits per heavy atom. The topological polar surface area (TPSA) is 81.4 Å². The minimum Gasteiger partial charge on any atom is -0.494 e. The van der Waals surface area contributed by atoms with Gasteiger partial charge in [0.05, 0.1) is 11.5 Å². The Balaban J connectivity index is 1.73. The molecule has 0 radical (unpaired) electrons. The smallest absolute Gasteiger partial charge is 0.234 e. The summed E-state index contributed by atoms with van der Waals surface area (Å²) < 4.78 is 38.0. The molecule has 1 aromatic heterocycles. The van der Waals surface area contributed by atoms with Gasteiger partial charge >= 0.3 is 0 Å². The zero-order chi connectivity index (χ0) is 21.0. The fourth-order valence-electron chi connectivity index (χ4n) is 3.71. The third-order valence-electron chi connectivity index (χ3n) is 5.26. The lowest BCUT2D eigenvalue weighted by Gasteiger charge is -2.22. The second-order valence-corrected chi connectivity index (χ2v) is 9.27. The Labute approximate surface area is 177 Å². The Morgan fingerprint density at radius 3 is 2.40 bits per heavy atom. The van der Waals surface area contributed by atoms with Crippen molar-refractivity contribution in [3.8, 4) is 17.2 Å². The van der Waals surface area contributed by atoms with Gasteiger partial charge in [0.15, 0.2) is 0 Å². The van der Waals surface area contributed by atoms with Crippen LogP contribution in [0, 0.1) is 0 Å². The highest BCUT2D eigenvalue weighted by Crippen LogP contribution is 2.34. The van der Waals surface area contributed by atoms with Crippen molar-refractivity contribution in [3.05, 3.63) is 54.6 Å². The highest BCUT2D eigenvalue weighted by molar-refractivity contribution is 7.91. The van der Waals surface area contributed by atoms with Crippen LogP contribution in [0.3, 0.4) is 0 Å². The molecular formula is C23H26N2O4S. The second-order valence-electron chi connectivity index (χ2n) is 7.41. The van der Waals surface area contributed by atoms with Gasteiger partial charge in [-0.15, -0.1) is 0 Å². The van der Waals surface area contributed by atoms with Gasteiger partial charge in [-0.05, 0) is 56.2 Å². The molecule has 30 heavy (non-hydrogen) atoms. The first kappa shape index (κ1) is 20.5. The molecule has 158 valence electrons. The van der Waals surface area contributed by atoms with Crippen LogP contribution in [0.1, 0.15) is 39.0 Å². The van der Waals surface area contributed by atoms with E-state index in [-0.39, 0.29) is 27.7 Å². The molecule has 3 aromatic rings. The third kappa shape index (κ3) is 4.36. The third-order valence-corrected chi connectivity index (χ3v) is 6.94. The molecule has 1 heterocycles. The van der Waals surface area contributed by atoms with Gasteiger partial charge in [-0.25, -0.2) is 8.42 Å². The van der Waals surface area contributed by atoms with Gasteiger partial charge in [0.25, 0.3) is 0 Å². The minimum atomic E-state index is -3.82. The van der Waals surface area contributed by atoms with E-state index in [0.717, 1.165) is 31.4 Å². The monoisotopic (exact) mass is 426 g/mol. The standard InChI is InChI=1S/C23H26N2O4S/c1-2-28-19-15-13-17(14-16-19)21-25-23(30(26,27)20-11-7-4-8-12-20)22(29-21)24-18-9-5-3-6-10-18/h4,7-8,11-16,18,24H,2-3,5-6,9-10H2,1H3. The Kier molecular flexibility index (Phi) is 6.08. The predicted octanol–water partition coefficient (Wildman–Crippen LogP) is 5.32. The van der Waals surface area contributed by atoms with E-state index in [0.29, 0.717) is 12.2 Å². The predicted molar refractivity (Wildman–Crippen MR) is 115 cm³/mol. The van der Waals surface area contributed by atoms with Gasteiger partial charge in [-0.3, -0.25) is 0 Å². The van der Waals surface area contributed by atoms with Crippen LogP contribution in [0.15, 0.2) is 68.9 Å². The van der Waals surface area contributed by atoms with Crippen LogP contribution in [0.4, 0.5) is 5.88 Å². The van der Waals surface area contributed by atoms with Crippen LogP contribution >= 0.6 is 0 Å². The SMILES string of the molecule is CCOc1ccc(-c2nc(S(=O)(=O)c3ccccc3)c(NC3CCCCC3)o2)cc1. The molecule has 0 bridgehead atoms. The van der Waals surface area contributed by atoms with Crippen LogP contribution in [0.5, 0.6) is 5.75 Å². The number of oxazole rings is 1. The maximum atomic E-state index is 13.3. The van der Waals surface area contributed by atoms with Gasteiger partial charge in [0.1, 0.15) is 5.75 Å². The fraction of sp³-hybridized carbons (Fsp3) is 0.348. The van der Waals surface area contributed by atoms with Crippen molar-refractivity contribution >= 4 is 15.7 Å². The van der Waals surface area contributed by atoms with Crippen LogP contribution < -0.4 is 10.1 Å². The van der Waals surface area contributed by atoms with Crippen molar-refractivity contribution in [1.82, 2.24) is 4.98 Å². The second kappa shape index (κ2) is 8.92. The summed E-state index contributed by atoms with van der Waals surface area (Å²) in [5.74, 6) is 1.23. The minimum absolute atomic E-state index is 0.0665. The summed E-state index contributed by atoms with van der Waals surface area (Å²) in [4.78, 5) is 4.61. The van der Waals surface area contributed by atoms with Gasteiger partial charge in [0.2, 0.25) is 26.6 Å². The molecule has 4 rings (SSSR count). The van der Waals surface area contributed by atoms with E-state index in [2.05, 4.69) is 10.3 Å². The molecule has 6 nitrogen and oxygen atoms in total. The Morgan fingerprint density at radius 1 is 1.03 bits per heavy atom. The molecule has 1 aliphatic rings. The average molecular weight is 427 g/mol. The van der Waals surface area contributed by atoms with Crippen molar-refractivity contribution in [2.45, 2.75) is 55.0 Å². The lowest BCUT2D eigenvalue weighted by atomic mass is 9.96. The number of rotatable bonds is 7. The van der Waals surface area contributed by atoms with Gasteiger partial charge in [-0.1, -0.05) is 37.5 Å². The van der Waals surface area contributed by atoms with Gasteiger partial charge in [-0.2, -0.15) is 4.98 Å². The largest absolute Gasteiger partial charge is 0.494 e. The zero-order valence-electron chi connectivity index (χ0n) is 17.0. The van der Waals surface area contributed by atoms with Crippen molar-refractivity contribution < 1.29 is 17.6 Å². The van der Waals surface area contributed by atoms with Gasteiger partial charge < -0.3 is 14.5 Å². The number of hydrogen-bond acceptors (Lipinski definition) is 6. The molecule has 0 spiro atoms. The zero-order valence-corrected chi connectivity index (χ0v) is 17.8. The summed E-state index contributed by atoms with van der Waals surface area (Å²) in [6, 6.07) is 15.8. The maximum Gasteiger partial charge on any atom is 0.234 e. The van der Waals surface area contributed by atoms with Crippen LogP contribution in [0.25, 0.3) is 11.5 Å². The Bertz CT molecular complexity index is 1070. The summed E-state index contributed by atoms with van der Waals surface area (Å²) >= 11 is 0. The Hall–Kier alpha value is -2.80. The summed E-state index contributed by atoms with van der Waals surface area (Å²) in [5.41, 5.74) is 0.694. The van der Waals surface area contributed by atoms with E-state index in [1.165, 1.54) is 6.42 Å². The normalized spacial score (nSPS) is 15.1. The first-order valence-corrected chi connectivity index (χ1v) is 11.9. The molecule has 2 aromatic carbocycles. The first-order valence-electron chi connectivity index (χ1n) is 10.4. The van der Waals surface area contributed by atoms with E-state index in [4.69, 9.17) is 9.15 Å².